The molecular formula is C20H21ClN4O. The molecule has 2 aromatic carbocycles. The first kappa shape index (κ1) is 18.1. The van der Waals surface area contributed by atoms with E-state index in [2.05, 4.69) is 22.3 Å². The third kappa shape index (κ3) is 3.78. The van der Waals surface area contributed by atoms with Crippen molar-refractivity contribution in [3.63, 3.8) is 0 Å². The summed E-state index contributed by atoms with van der Waals surface area (Å²) in [5.74, 6) is 0.484. The second-order valence-electron chi connectivity index (χ2n) is 6.20. The molecule has 5 nitrogen and oxygen atoms in total. The number of benzene rings is 2. The second kappa shape index (κ2) is 7.70. The molecular weight excluding hydrogens is 348 g/mol. The van der Waals surface area contributed by atoms with Gasteiger partial charge in [-0.15, -0.1) is 5.10 Å². The Morgan fingerprint density at radius 3 is 2.50 bits per heavy atom. The van der Waals surface area contributed by atoms with Crippen molar-refractivity contribution in [2.24, 2.45) is 0 Å². The number of halogens is 1. The molecule has 0 unspecified atom stereocenters. The largest absolute Gasteiger partial charge is 0.349 e. The summed E-state index contributed by atoms with van der Waals surface area (Å²) < 4.78 is 1.70. The smallest absolute Gasteiger partial charge is 0.290 e. The number of hydrogen-bond acceptors (Lipinski definition) is 3. The highest BCUT2D eigenvalue weighted by atomic mass is 35.5. The molecule has 0 aliphatic heterocycles. The first-order valence-corrected chi connectivity index (χ1v) is 8.96. The van der Waals surface area contributed by atoms with Gasteiger partial charge in [-0.05, 0) is 67.8 Å². The van der Waals surface area contributed by atoms with Crippen molar-refractivity contribution >= 4 is 17.5 Å². The van der Waals surface area contributed by atoms with Gasteiger partial charge < -0.3 is 5.32 Å². The minimum Gasteiger partial charge on any atom is -0.349 e. The summed E-state index contributed by atoms with van der Waals surface area (Å²) in [5, 5.41) is 7.93. The van der Waals surface area contributed by atoms with E-state index < -0.39 is 0 Å². The first-order valence-electron chi connectivity index (χ1n) is 8.58. The second-order valence-corrected chi connectivity index (χ2v) is 6.64. The predicted octanol–water partition coefficient (Wildman–Crippen LogP) is 4.34. The molecule has 3 rings (SSSR count). The molecule has 0 radical (unpaired) electrons. The fourth-order valence-corrected chi connectivity index (χ4v) is 2.68. The lowest BCUT2D eigenvalue weighted by Gasteiger charge is -2.08. The van der Waals surface area contributed by atoms with Gasteiger partial charge in [0.1, 0.15) is 0 Å². The average Bonchev–Trinajstić information content (AvgIpc) is 3.08. The quantitative estimate of drug-likeness (QED) is 0.728. The molecule has 0 aliphatic carbocycles. The van der Waals surface area contributed by atoms with Gasteiger partial charge in [0.15, 0.2) is 5.82 Å². The van der Waals surface area contributed by atoms with Gasteiger partial charge in [-0.2, -0.15) is 0 Å². The number of amides is 1. The van der Waals surface area contributed by atoms with Crippen molar-refractivity contribution in [2.75, 3.05) is 6.54 Å². The van der Waals surface area contributed by atoms with Crippen LogP contribution in [0.4, 0.5) is 0 Å². The van der Waals surface area contributed by atoms with Crippen molar-refractivity contribution < 1.29 is 4.79 Å². The highest BCUT2D eigenvalue weighted by Gasteiger charge is 2.18. The van der Waals surface area contributed by atoms with E-state index in [0.717, 1.165) is 23.2 Å². The van der Waals surface area contributed by atoms with Gasteiger partial charge >= 0.3 is 0 Å². The Hall–Kier alpha value is -2.66. The van der Waals surface area contributed by atoms with Crippen LogP contribution in [-0.4, -0.2) is 27.2 Å². The zero-order valence-electron chi connectivity index (χ0n) is 15.1. The molecule has 1 aromatic heterocycles. The van der Waals surface area contributed by atoms with Crippen LogP contribution >= 0.6 is 11.6 Å². The van der Waals surface area contributed by atoms with E-state index in [9.17, 15) is 4.79 Å². The molecule has 3 aromatic rings. The molecule has 0 aliphatic rings. The predicted molar refractivity (Wildman–Crippen MR) is 104 cm³/mol. The molecule has 0 fully saturated rings. The zero-order valence-corrected chi connectivity index (χ0v) is 15.8. The van der Waals surface area contributed by atoms with Crippen LogP contribution in [0.1, 0.15) is 35.1 Å². The molecule has 1 amide bonds. The maximum absolute atomic E-state index is 12.3. The van der Waals surface area contributed by atoms with Gasteiger partial charge in [0.2, 0.25) is 5.82 Å². The molecule has 0 bridgehead atoms. The number of aryl methyl sites for hydroxylation is 2. The van der Waals surface area contributed by atoms with E-state index in [1.165, 1.54) is 5.56 Å². The fraction of sp³-hybridized carbons (Fsp3) is 0.250. The minimum absolute atomic E-state index is 0.154. The number of nitrogens with one attached hydrogen (secondary N) is 1. The van der Waals surface area contributed by atoms with Gasteiger partial charge in [0.05, 0.1) is 5.69 Å². The maximum Gasteiger partial charge on any atom is 0.290 e. The Morgan fingerprint density at radius 2 is 1.85 bits per heavy atom. The van der Waals surface area contributed by atoms with Crippen molar-refractivity contribution in [3.05, 3.63) is 64.4 Å². The van der Waals surface area contributed by atoms with E-state index in [1.54, 1.807) is 16.8 Å². The number of carbonyl (C=O) groups is 1. The van der Waals surface area contributed by atoms with Gasteiger partial charge in [-0.25, -0.2) is 9.67 Å². The number of hydrogen-bond donors (Lipinski definition) is 1. The molecule has 6 heteroatoms. The summed E-state index contributed by atoms with van der Waals surface area (Å²) >= 11 is 6.00. The topological polar surface area (TPSA) is 59.8 Å². The van der Waals surface area contributed by atoms with Crippen LogP contribution in [0.3, 0.4) is 0 Å². The van der Waals surface area contributed by atoms with Crippen molar-refractivity contribution in [2.45, 2.75) is 27.2 Å². The molecule has 1 N–H and O–H groups in total. The first-order chi connectivity index (χ1) is 12.5. The SMILES string of the molecule is CCCNC(=O)c1nc(-c2ccc(Cl)cc2)n(-c2ccc(C)c(C)c2)n1. The molecule has 26 heavy (non-hydrogen) atoms. The summed E-state index contributed by atoms with van der Waals surface area (Å²) in [6.45, 7) is 6.70. The zero-order chi connectivity index (χ0) is 18.7. The van der Waals surface area contributed by atoms with Crippen molar-refractivity contribution in [3.8, 4) is 17.1 Å². The Balaban J connectivity index is 2.10. The van der Waals surface area contributed by atoms with E-state index >= 15 is 0 Å². The molecule has 0 atom stereocenters. The Kier molecular flexibility index (Phi) is 5.38. The third-order valence-electron chi connectivity index (χ3n) is 4.18. The maximum atomic E-state index is 12.3. The number of nitrogens with zero attached hydrogens (tertiary/aromatic N) is 3. The third-order valence-corrected chi connectivity index (χ3v) is 4.44. The van der Waals surface area contributed by atoms with Gasteiger partial charge in [0.25, 0.3) is 5.91 Å². The van der Waals surface area contributed by atoms with Gasteiger partial charge in [-0.1, -0.05) is 24.6 Å². The summed E-state index contributed by atoms with van der Waals surface area (Å²) in [6.07, 6.45) is 0.855. The highest BCUT2D eigenvalue weighted by molar-refractivity contribution is 6.30. The summed E-state index contributed by atoms with van der Waals surface area (Å²) in [5.41, 5.74) is 4.05. The number of carbonyl (C=O) groups excluding carboxylic acids is 1. The van der Waals surface area contributed by atoms with Crippen molar-refractivity contribution in [1.29, 1.82) is 0 Å². The standard InChI is InChI=1S/C20H21ClN4O/c1-4-11-22-20(26)18-23-19(15-6-8-16(21)9-7-15)25(24-18)17-10-5-13(2)14(3)12-17/h5-10,12H,4,11H2,1-3H3,(H,22,26). The Labute approximate surface area is 158 Å². The van der Waals surface area contributed by atoms with Gasteiger partial charge in [0, 0.05) is 17.1 Å². The lowest BCUT2D eigenvalue weighted by molar-refractivity contribution is 0.0943. The van der Waals surface area contributed by atoms with Crippen LogP contribution in [0, 0.1) is 13.8 Å². The summed E-state index contributed by atoms with van der Waals surface area (Å²) in [4.78, 5) is 16.8. The Bertz CT molecular complexity index is 931. The Morgan fingerprint density at radius 1 is 1.12 bits per heavy atom. The average molecular weight is 369 g/mol. The van der Waals surface area contributed by atoms with E-state index in [1.807, 2.05) is 44.2 Å². The van der Waals surface area contributed by atoms with E-state index in [0.29, 0.717) is 17.4 Å². The van der Waals surface area contributed by atoms with Crippen LogP contribution in [0.5, 0.6) is 0 Å². The monoisotopic (exact) mass is 368 g/mol. The molecule has 134 valence electrons. The molecule has 0 saturated heterocycles. The molecule has 1 heterocycles. The van der Waals surface area contributed by atoms with E-state index in [4.69, 9.17) is 11.6 Å². The number of aromatic nitrogens is 3. The van der Waals surface area contributed by atoms with Crippen LogP contribution in [0.2, 0.25) is 5.02 Å². The highest BCUT2D eigenvalue weighted by Crippen LogP contribution is 2.24. The van der Waals surface area contributed by atoms with Crippen LogP contribution in [0.15, 0.2) is 42.5 Å². The minimum atomic E-state index is -0.273. The normalized spacial score (nSPS) is 10.8. The van der Waals surface area contributed by atoms with Crippen LogP contribution in [0.25, 0.3) is 17.1 Å². The van der Waals surface area contributed by atoms with Crippen LogP contribution < -0.4 is 5.32 Å². The molecule has 0 spiro atoms. The fourth-order valence-electron chi connectivity index (χ4n) is 2.55. The number of rotatable bonds is 5. The van der Waals surface area contributed by atoms with E-state index in [-0.39, 0.29) is 11.7 Å². The van der Waals surface area contributed by atoms with Crippen molar-refractivity contribution in [1.82, 2.24) is 20.1 Å². The van der Waals surface area contributed by atoms with Crippen LogP contribution in [-0.2, 0) is 0 Å². The van der Waals surface area contributed by atoms with Gasteiger partial charge in [-0.3, -0.25) is 4.79 Å². The summed E-state index contributed by atoms with van der Waals surface area (Å²) in [6, 6.07) is 13.4. The lowest BCUT2D eigenvalue weighted by atomic mass is 10.1. The molecule has 0 saturated carbocycles. The summed E-state index contributed by atoms with van der Waals surface area (Å²) in [7, 11) is 0. The lowest BCUT2D eigenvalue weighted by Crippen LogP contribution is -2.25.